The average molecular weight is 203 g/mol. The molecule has 0 aromatic heterocycles. The molecule has 1 aromatic rings. The first-order valence-corrected chi connectivity index (χ1v) is 6.07. The highest BCUT2D eigenvalue weighted by Crippen LogP contribution is 2.29. The summed E-state index contributed by atoms with van der Waals surface area (Å²) in [6.45, 7) is 4.48. The van der Waals surface area contributed by atoms with Gasteiger partial charge in [-0.05, 0) is 41.9 Å². The molecule has 1 aliphatic rings. The number of nitrogens with two attached hydrogens (primary N) is 1. The van der Waals surface area contributed by atoms with Gasteiger partial charge in [-0.2, -0.15) is 0 Å². The van der Waals surface area contributed by atoms with Crippen LogP contribution < -0.4 is 5.73 Å². The molecule has 2 rings (SSSR count). The van der Waals surface area contributed by atoms with Crippen molar-refractivity contribution in [1.82, 2.24) is 0 Å². The minimum atomic E-state index is 0.265. The Morgan fingerprint density at radius 2 is 2.07 bits per heavy atom. The monoisotopic (exact) mass is 203 g/mol. The van der Waals surface area contributed by atoms with Crippen LogP contribution in [0.2, 0.25) is 0 Å². The molecule has 1 atom stereocenters. The van der Waals surface area contributed by atoms with Crippen molar-refractivity contribution in [2.75, 3.05) is 0 Å². The SMILES string of the molecule is CC(C)c1ccc2c(c1)C(N)CCCC2. The van der Waals surface area contributed by atoms with Gasteiger partial charge in [-0.3, -0.25) is 0 Å². The first kappa shape index (κ1) is 10.7. The Balaban J connectivity index is 2.39. The zero-order chi connectivity index (χ0) is 10.8. The molecule has 1 aromatic carbocycles. The van der Waals surface area contributed by atoms with Gasteiger partial charge in [-0.15, -0.1) is 0 Å². The third-order valence-electron chi connectivity index (χ3n) is 3.45. The molecule has 0 saturated heterocycles. The van der Waals surface area contributed by atoms with Crippen LogP contribution in [0.15, 0.2) is 18.2 Å². The van der Waals surface area contributed by atoms with Crippen molar-refractivity contribution in [3.63, 3.8) is 0 Å². The lowest BCUT2D eigenvalue weighted by atomic mass is 9.93. The lowest BCUT2D eigenvalue weighted by molar-refractivity contribution is 0.614. The predicted molar refractivity (Wildman–Crippen MR) is 65.0 cm³/mol. The molecule has 0 heterocycles. The van der Waals surface area contributed by atoms with Gasteiger partial charge >= 0.3 is 0 Å². The average Bonchev–Trinajstić information content (AvgIpc) is 2.40. The quantitative estimate of drug-likeness (QED) is 0.694. The van der Waals surface area contributed by atoms with Crippen molar-refractivity contribution in [2.24, 2.45) is 5.73 Å². The molecule has 1 unspecified atom stereocenters. The third-order valence-corrected chi connectivity index (χ3v) is 3.45. The second-order valence-electron chi connectivity index (χ2n) is 4.97. The molecular formula is C14H21N. The van der Waals surface area contributed by atoms with E-state index in [0.717, 1.165) is 6.42 Å². The fraction of sp³-hybridized carbons (Fsp3) is 0.571. The van der Waals surface area contributed by atoms with E-state index in [9.17, 15) is 0 Å². The molecule has 0 radical (unpaired) electrons. The lowest BCUT2D eigenvalue weighted by Gasteiger charge is -2.15. The predicted octanol–water partition coefficient (Wildman–Crippen LogP) is 3.54. The van der Waals surface area contributed by atoms with Gasteiger partial charge in [0.2, 0.25) is 0 Å². The summed E-state index contributed by atoms with van der Waals surface area (Å²) < 4.78 is 0. The van der Waals surface area contributed by atoms with E-state index in [1.807, 2.05) is 0 Å². The van der Waals surface area contributed by atoms with Crippen LogP contribution in [0.5, 0.6) is 0 Å². The van der Waals surface area contributed by atoms with Gasteiger partial charge in [0, 0.05) is 6.04 Å². The van der Waals surface area contributed by atoms with E-state index >= 15 is 0 Å². The summed E-state index contributed by atoms with van der Waals surface area (Å²) in [7, 11) is 0. The molecule has 0 bridgehead atoms. The Hall–Kier alpha value is -0.820. The summed E-state index contributed by atoms with van der Waals surface area (Å²) in [6.07, 6.45) is 4.92. The Morgan fingerprint density at radius 3 is 2.80 bits per heavy atom. The molecule has 1 heteroatoms. The minimum Gasteiger partial charge on any atom is -0.324 e. The van der Waals surface area contributed by atoms with Gasteiger partial charge in [0.25, 0.3) is 0 Å². The highest BCUT2D eigenvalue weighted by atomic mass is 14.6. The summed E-state index contributed by atoms with van der Waals surface area (Å²) in [5.41, 5.74) is 10.5. The number of rotatable bonds is 1. The van der Waals surface area contributed by atoms with Crippen LogP contribution in [-0.4, -0.2) is 0 Å². The summed E-state index contributed by atoms with van der Waals surface area (Å²) in [5.74, 6) is 0.603. The van der Waals surface area contributed by atoms with Crippen molar-refractivity contribution in [3.05, 3.63) is 34.9 Å². The molecule has 0 saturated carbocycles. The van der Waals surface area contributed by atoms with Crippen LogP contribution in [-0.2, 0) is 6.42 Å². The summed E-state index contributed by atoms with van der Waals surface area (Å²) >= 11 is 0. The highest BCUT2D eigenvalue weighted by molar-refractivity contribution is 5.36. The normalized spacial score (nSPS) is 21.2. The Labute approximate surface area is 92.7 Å². The summed E-state index contributed by atoms with van der Waals surface area (Å²) in [6, 6.07) is 7.15. The van der Waals surface area contributed by atoms with E-state index in [1.165, 1.54) is 36.0 Å². The van der Waals surface area contributed by atoms with Gasteiger partial charge in [-0.25, -0.2) is 0 Å². The molecule has 82 valence electrons. The standard InChI is InChI=1S/C14H21N/c1-10(2)12-8-7-11-5-3-4-6-14(15)13(11)9-12/h7-10,14H,3-6,15H2,1-2H3. The van der Waals surface area contributed by atoms with Crippen LogP contribution >= 0.6 is 0 Å². The minimum absolute atomic E-state index is 0.265. The topological polar surface area (TPSA) is 26.0 Å². The number of fused-ring (bicyclic) bond motifs is 1. The zero-order valence-corrected chi connectivity index (χ0v) is 9.79. The molecular weight excluding hydrogens is 182 g/mol. The van der Waals surface area contributed by atoms with Gasteiger partial charge in [0.15, 0.2) is 0 Å². The van der Waals surface area contributed by atoms with Crippen molar-refractivity contribution >= 4 is 0 Å². The number of aryl methyl sites for hydroxylation is 1. The first-order chi connectivity index (χ1) is 7.18. The van der Waals surface area contributed by atoms with Crippen LogP contribution in [0.25, 0.3) is 0 Å². The Kier molecular flexibility index (Phi) is 3.11. The largest absolute Gasteiger partial charge is 0.324 e. The second-order valence-corrected chi connectivity index (χ2v) is 4.97. The fourth-order valence-corrected chi connectivity index (χ4v) is 2.38. The molecule has 0 spiro atoms. The second kappa shape index (κ2) is 4.36. The molecule has 1 aliphatic carbocycles. The summed E-state index contributed by atoms with van der Waals surface area (Å²) in [5, 5.41) is 0. The lowest BCUT2D eigenvalue weighted by Crippen LogP contribution is -2.11. The van der Waals surface area contributed by atoms with Crippen molar-refractivity contribution in [1.29, 1.82) is 0 Å². The van der Waals surface area contributed by atoms with Gasteiger partial charge in [0.05, 0.1) is 0 Å². The highest BCUT2D eigenvalue weighted by Gasteiger charge is 2.15. The van der Waals surface area contributed by atoms with E-state index in [-0.39, 0.29) is 6.04 Å². The van der Waals surface area contributed by atoms with E-state index < -0.39 is 0 Å². The fourth-order valence-electron chi connectivity index (χ4n) is 2.38. The summed E-state index contributed by atoms with van der Waals surface area (Å²) in [4.78, 5) is 0. The smallest absolute Gasteiger partial charge is 0.0297 e. The molecule has 15 heavy (non-hydrogen) atoms. The van der Waals surface area contributed by atoms with E-state index in [4.69, 9.17) is 5.73 Å². The molecule has 0 aliphatic heterocycles. The van der Waals surface area contributed by atoms with Gasteiger partial charge < -0.3 is 5.73 Å². The number of benzene rings is 1. The van der Waals surface area contributed by atoms with Gasteiger partial charge in [-0.1, -0.05) is 38.5 Å². The number of hydrogen-bond donors (Lipinski definition) is 1. The van der Waals surface area contributed by atoms with Crippen LogP contribution in [0, 0.1) is 0 Å². The van der Waals surface area contributed by atoms with E-state index in [0.29, 0.717) is 5.92 Å². The molecule has 0 amide bonds. The van der Waals surface area contributed by atoms with E-state index in [2.05, 4.69) is 32.0 Å². The van der Waals surface area contributed by atoms with Crippen molar-refractivity contribution in [2.45, 2.75) is 51.5 Å². The van der Waals surface area contributed by atoms with Crippen LogP contribution in [0.3, 0.4) is 0 Å². The third kappa shape index (κ3) is 2.23. The number of hydrogen-bond acceptors (Lipinski definition) is 1. The maximum Gasteiger partial charge on any atom is 0.0297 e. The zero-order valence-electron chi connectivity index (χ0n) is 9.79. The molecule has 0 fully saturated rings. The van der Waals surface area contributed by atoms with Gasteiger partial charge in [0.1, 0.15) is 0 Å². The Morgan fingerprint density at radius 1 is 1.27 bits per heavy atom. The first-order valence-electron chi connectivity index (χ1n) is 6.07. The van der Waals surface area contributed by atoms with Crippen molar-refractivity contribution in [3.8, 4) is 0 Å². The Bertz CT molecular complexity index is 341. The van der Waals surface area contributed by atoms with E-state index in [1.54, 1.807) is 0 Å². The molecule has 1 nitrogen and oxygen atoms in total. The molecule has 2 N–H and O–H groups in total. The van der Waals surface area contributed by atoms with Crippen LogP contribution in [0.1, 0.15) is 61.8 Å². The van der Waals surface area contributed by atoms with Crippen molar-refractivity contribution < 1.29 is 0 Å². The van der Waals surface area contributed by atoms with Crippen LogP contribution in [0.4, 0.5) is 0 Å². The maximum absolute atomic E-state index is 6.22. The maximum atomic E-state index is 6.22.